The van der Waals surface area contributed by atoms with Gasteiger partial charge in [0.2, 0.25) is 0 Å². The quantitative estimate of drug-likeness (QED) is 0.442. The molecule has 1 fully saturated rings. The van der Waals surface area contributed by atoms with Crippen molar-refractivity contribution in [2.75, 3.05) is 39.4 Å². The lowest BCUT2D eigenvalue weighted by atomic mass is 10.1. The molecule has 1 aliphatic heterocycles. The molecule has 0 saturated carbocycles. The number of carbonyl (C=O) groups is 1. The summed E-state index contributed by atoms with van der Waals surface area (Å²) in [6.45, 7) is 4.49. The smallest absolute Gasteiger partial charge is 0.379 e. The Bertz CT molecular complexity index is 1110. The van der Waals surface area contributed by atoms with Crippen molar-refractivity contribution in [1.29, 1.82) is 0 Å². The van der Waals surface area contributed by atoms with E-state index in [4.69, 9.17) is 4.74 Å². The highest BCUT2D eigenvalue weighted by molar-refractivity contribution is 5.94. The van der Waals surface area contributed by atoms with E-state index in [0.29, 0.717) is 19.8 Å². The molecule has 3 aromatic rings. The molecular weight excluding hydrogens is 428 g/mol. The van der Waals surface area contributed by atoms with Crippen LogP contribution in [0.3, 0.4) is 0 Å². The van der Waals surface area contributed by atoms with Crippen LogP contribution in [0.25, 0.3) is 22.4 Å². The first kappa shape index (κ1) is 22.2. The van der Waals surface area contributed by atoms with Gasteiger partial charge in [0, 0.05) is 25.2 Å². The van der Waals surface area contributed by atoms with Gasteiger partial charge in [0.1, 0.15) is 11.6 Å². The van der Waals surface area contributed by atoms with E-state index in [1.807, 2.05) is 0 Å². The van der Waals surface area contributed by atoms with Gasteiger partial charge in [-0.25, -0.2) is 9.37 Å². The standard InChI is InChI=1S/C22H22F4N4O2/c23-17-12-14(21(31)27-6-1-7-30-8-10-32-11-9-30)2-4-16(17)20-28-18-5-3-15(22(24,25)26)13-19(18)29-20/h2-5,12-13H,1,6-11H2,(H,27,31)(H,28,29). The fourth-order valence-corrected chi connectivity index (χ4v) is 3.59. The Morgan fingerprint density at radius 3 is 2.66 bits per heavy atom. The van der Waals surface area contributed by atoms with E-state index in [2.05, 4.69) is 20.2 Å². The molecule has 32 heavy (non-hydrogen) atoms. The average molecular weight is 450 g/mol. The van der Waals surface area contributed by atoms with Gasteiger partial charge in [-0.2, -0.15) is 13.2 Å². The summed E-state index contributed by atoms with van der Waals surface area (Å²) in [5.41, 5.74) is -0.154. The molecular formula is C22H22F4N4O2. The number of nitrogens with zero attached hydrogens (tertiary/aromatic N) is 2. The highest BCUT2D eigenvalue weighted by atomic mass is 19.4. The number of rotatable bonds is 6. The van der Waals surface area contributed by atoms with Gasteiger partial charge in [-0.3, -0.25) is 9.69 Å². The second-order valence-electron chi connectivity index (χ2n) is 7.57. The van der Waals surface area contributed by atoms with E-state index < -0.39 is 23.5 Å². The van der Waals surface area contributed by atoms with Gasteiger partial charge in [0.05, 0.1) is 35.4 Å². The highest BCUT2D eigenvalue weighted by Crippen LogP contribution is 2.32. The molecule has 2 N–H and O–H groups in total. The highest BCUT2D eigenvalue weighted by Gasteiger charge is 2.30. The van der Waals surface area contributed by atoms with Crippen LogP contribution >= 0.6 is 0 Å². The number of halogens is 4. The minimum absolute atomic E-state index is 0.0682. The van der Waals surface area contributed by atoms with Crippen molar-refractivity contribution in [1.82, 2.24) is 20.2 Å². The monoisotopic (exact) mass is 450 g/mol. The number of alkyl halides is 3. The summed E-state index contributed by atoms with van der Waals surface area (Å²) in [7, 11) is 0. The SMILES string of the molecule is O=C(NCCCN1CCOCC1)c1ccc(-c2nc3ccc(C(F)(F)F)cc3[nH]2)c(F)c1. The lowest BCUT2D eigenvalue weighted by molar-refractivity contribution is -0.137. The minimum Gasteiger partial charge on any atom is -0.379 e. The maximum absolute atomic E-state index is 14.7. The van der Waals surface area contributed by atoms with Gasteiger partial charge < -0.3 is 15.0 Å². The van der Waals surface area contributed by atoms with E-state index in [9.17, 15) is 22.4 Å². The number of nitrogens with one attached hydrogen (secondary N) is 2. The molecule has 0 atom stereocenters. The summed E-state index contributed by atoms with van der Waals surface area (Å²) in [6, 6.07) is 7.04. The van der Waals surface area contributed by atoms with Gasteiger partial charge in [-0.15, -0.1) is 0 Å². The Morgan fingerprint density at radius 1 is 1.16 bits per heavy atom. The Hall–Kier alpha value is -2.98. The third kappa shape index (κ3) is 5.08. The number of H-pyrrole nitrogens is 1. The van der Waals surface area contributed by atoms with Crippen molar-refractivity contribution >= 4 is 16.9 Å². The summed E-state index contributed by atoms with van der Waals surface area (Å²) in [5, 5.41) is 2.77. The van der Waals surface area contributed by atoms with E-state index in [1.165, 1.54) is 18.2 Å². The Balaban J connectivity index is 1.40. The summed E-state index contributed by atoms with van der Waals surface area (Å²) >= 11 is 0. The number of morpholine rings is 1. The Morgan fingerprint density at radius 2 is 1.94 bits per heavy atom. The van der Waals surface area contributed by atoms with Crippen LogP contribution in [0.5, 0.6) is 0 Å². The third-order valence-corrected chi connectivity index (χ3v) is 5.34. The predicted octanol–water partition coefficient (Wildman–Crippen LogP) is 3.84. The van der Waals surface area contributed by atoms with Crippen LogP contribution in [0.2, 0.25) is 0 Å². The zero-order valence-electron chi connectivity index (χ0n) is 17.1. The van der Waals surface area contributed by atoms with Crippen LogP contribution in [0.1, 0.15) is 22.3 Å². The molecule has 2 aromatic carbocycles. The first-order valence-corrected chi connectivity index (χ1v) is 10.3. The number of hydrogen-bond donors (Lipinski definition) is 2. The number of benzene rings is 2. The maximum Gasteiger partial charge on any atom is 0.416 e. The van der Waals surface area contributed by atoms with E-state index in [-0.39, 0.29) is 28.0 Å². The topological polar surface area (TPSA) is 70.2 Å². The average Bonchev–Trinajstić information content (AvgIpc) is 3.19. The van der Waals surface area contributed by atoms with Crippen LogP contribution in [-0.2, 0) is 10.9 Å². The normalized spacial score (nSPS) is 15.2. The van der Waals surface area contributed by atoms with E-state index in [1.54, 1.807) is 0 Å². The molecule has 0 radical (unpaired) electrons. The lowest BCUT2D eigenvalue weighted by Crippen LogP contribution is -2.38. The lowest BCUT2D eigenvalue weighted by Gasteiger charge is -2.26. The maximum atomic E-state index is 14.7. The van der Waals surface area contributed by atoms with Crippen LogP contribution < -0.4 is 5.32 Å². The number of imidazole rings is 1. The van der Waals surface area contributed by atoms with Crippen molar-refractivity contribution in [2.24, 2.45) is 0 Å². The third-order valence-electron chi connectivity index (χ3n) is 5.34. The molecule has 6 nitrogen and oxygen atoms in total. The zero-order valence-corrected chi connectivity index (χ0v) is 17.1. The number of aromatic nitrogens is 2. The molecule has 0 spiro atoms. The molecule has 0 bridgehead atoms. The molecule has 2 heterocycles. The fourth-order valence-electron chi connectivity index (χ4n) is 3.59. The minimum atomic E-state index is -4.48. The summed E-state index contributed by atoms with van der Waals surface area (Å²) < 4.78 is 58.7. The fraction of sp³-hybridized carbons (Fsp3) is 0.364. The van der Waals surface area contributed by atoms with Crippen molar-refractivity contribution < 1.29 is 27.1 Å². The van der Waals surface area contributed by atoms with Crippen molar-refractivity contribution in [2.45, 2.75) is 12.6 Å². The van der Waals surface area contributed by atoms with Gasteiger partial charge >= 0.3 is 6.18 Å². The summed E-state index contributed by atoms with van der Waals surface area (Å²) in [5.74, 6) is -0.993. The Labute approximate surface area is 181 Å². The molecule has 0 aliphatic carbocycles. The van der Waals surface area contributed by atoms with Gasteiger partial charge in [0.25, 0.3) is 5.91 Å². The van der Waals surface area contributed by atoms with Crippen LogP contribution in [0, 0.1) is 5.82 Å². The zero-order chi connectivity index (χ0) is 22.7. The number of ether oxygens (including phenoxy) is 1. The van der Waals surface area contributed by atoms with E-state index in [0.717, 1.165) is 44.3 Å². The van der Waals surface area contributed by atoms with Crippen molar-refractivity contribution in [3.8, 4) is 11.4 Å². The van der Waals surface area contributed by atoms with Gasteiger partial charge in [-0.1, -0.05) is 0 Å². The molecule has 1 aliphatic rings. The first-order valence-electron chi connectivity index (χ1n) is 10.3. The number of aromatic amines is 1. The largest absolute Gasteiger partial charge is 0.416 e. The molecule has 10 heteroatoms. The summed E-state index contributed by atoms with van der Waals surface area (Å²) in [6.07, 6.45) is -3.72. The van der Waals surface area contributed by atoms with Crippen LogP contribution in [0.15, 0.2) is 36.4 Å². The van der Waals surface area contributed by atoms with Crippen molar-refractivity contribution in [3.05, 3.63) is 53.3 Å². The van der Waals surface area contributed by atoms with Crippen molar-refractivity contribution in [3.63, 3.8) is 0 Å². The molecule has 1 saturated heterocycles. The van der Waals surface area contributed by atoms with Gasteiger partial charge in [0.15, 0.2) is 0 Å². The summed E-state index contributed by atoms with van der Waals surface area (Å²) in [4.78, 5) is 21.5. The second-order valence-corrected chi connectivity index (χ2v) is 7.57. The molecule has 1 aromatic heterocycles. The number of hydrogen-bond acceptors (Lipinski definition) is 4. The second kappa shape index (κ2) is 9.25. The van der Waals surface area contributed by atoms with E-state index >= 15 is 0 Å². The molecule has 0 unspecified atom stereocenters. The van der Waals surface area contributed by atoms with Crippen LogP contribution in [-0.4, -0.2) is 60.2 Å². The molecule has 1 amide bonds. The molecule has 4 rings (SSSR count). The van der Waals surface area contributed by atoms with Gasteiger partial charge in [-0.05, 0) is 49.4 Å². The Kier molecular flexibility index (Phi) is 6.43. The number of carbonyl (C=O) groups excluding carboxylic acids is 1. The predicted molar refractivity (Wildman–Crippen MR) is 111 cm³/mol. The first-order chi connectivity index (χ1) is 15.3. The number of amides is 1. The molecule has 170 valence electrons. The van der Waals surface area contributed by atoms with Crippen LogP contribution in [0.4, 0.5) is 17.6 Å². The number of fused-ring (bicyclic) bond motifs is 1.